The van der Waals surface area contributed by atoms with Crippen LogP contribution in [-0.2, 0) is 10.9 Å². The van der Waals surface area contributed by atoms with Crippen LogP contribution >= 0.6 is 11.6 Å². The highest BCUT2D eigenvalue weighted by molar-refractivity contribution is 6.34. The molecule has 0 heterocycles. The molecule has 0 saturated heterocycles. The zero-order valence-corrected chi connectivity index (χ0v) is 11.6. The van der Waals surface area contributed by atoms with Gasteiger partial charge in [0.15, 0.2) is 0 Å². The molecule has 0 aliphatic heterocycles. The molecule has 2 nitrogen and oxygen atoms in total. The predicted octanol–water partition coefficient (Wildman–Crippen LogP) is 4.80. The van der Waals surface area contributed by atoms with Gasteiger partial charge in [0.2, 0.25) is 0 Å². The van der Waals surface area contributed by atoms with Crippen molar-refractivity contribution in [3.8, 4) is 0 Å². The van der Waals surface area contributed by atoms with Crippen LogP contribution in [0.15, 0.2) is 12.1 Å². The summed E-state index contributed by atoms with van der Waals surface area (Å²) in [4.78, 5) is 11.6. The van der Waals surface area contributed by atoms with Gasteiger partial charge in [-0.2, -0.15) is 13.2 Å². The number of esters is 1. The second-order valence-electron chi connectivity index (χ2n) is 4.90. The van der Waals surface area contributed by atoms with Crippen molar-refractivity contribution >= 4 is 17.6 Å². The minimum Gasteiger partial charge on any atom is -0.465 e. The van der Waals surface area contributed by atoms with Gasteiger partial charge in [-0.3, -0.25) is 0 Å². The molecule has 0 aromatic heterocycles. The number of alkyl halides is 3. The number of hydrogen-bond donors (Lipinski definition) is 0. The van der Waals surface area contributed by atoms with Crippen LogP contribution in [0.5, 0.6) is 0 Å². The number of ether oxygens (including phenoxy) is 1. The summed E-state index contributed by atoms with van der Waals surface area (Å²) in [5, 5.41) is 0.0803. The summed E-state index contributed by atoms with van der Waals surface area (Å²) >= 11 is 6.12. The molecule has 20 heavy (non-hydrogen) atoms. The van der Waals surface area contributed by atoms with Gasteiger partial charge in [-0.1, -0.05) is 24.4 Å². The molecule has 1 saturated carbocycles. The molecule has 1 fully saturated rings. The van der Waals surface area contributed by atoms with E-state index < -0.39 is 17.7 Å². The highest BCUT2D eigenvalue weighted by Gasteiger charge is 2.34. The van der Waals surface area contributed by atoms with E-state index in [1.165, 1.54) is 0 Å². The van der Waals surface area contributed by atoms with Crippen molar-refractivity contribution in [1.29, 1.82) is 0 Å². The summed E-state index contributed by atoms with van der Waals surface area (Å²) in [5.74, 6) is -0.867. The van der Waals surface area contributed by atoms with Crippen LogP contribution in [0.2, 0.25) is 5.02 Å². The molecule has 6 heteroatoms. The molecule has 0 N–H and O–H groups in total. The Balaban J connectivity index is 2.57. The van der Waals surface area contributed by atoms with E-state index in [2.05, 4.69) is 4.74 Å². The Bertz CT molecular complexity index is 520. The van der Waals surface area contributed by atoms with Crippen LogP contribution in [0.3, 0.4) is 0 Å². The summed E-state index contributed by atoms with van der Waals surface area (Å²) in [7, 11) is 1.12. The number of halogens is 4. The van der Waals surface area contributed by atoms with Gasteiger partial charge >= 0.3 is 12.1 Å². The Labute approximate surface area is 119 Å². The molecule has 1 aliphatic rings. The maximum absolute atomic E-state index is 12.9. The van der Waals surface area contributed by atoms with E-state index in [9.17, 15) is 18.0 Å². The second kappa shape index (κ2) is 5.64. The molecule has 110 valence electrons. The van der Waals surface area contributed by atoms with Crippen molar-refractivity contribution in [2.24, 2.45) is 0 Å². The molecular weight excluding hydrogens is 293 g/mol. The predicted molar refractivity (Wildman–Crippen MR) is 69.0 cm³/mol. The summed E-state index contributed by atoms with van der Waals surface area (Å²) in [6.07, 6.45) is -1.00. The van der Waals surface area contributed by atoms with Crippen molar-refractivity contribution in [3.05, 3.63) is 33.8 Å². The Hall–Kier alpha value is -1.23. The lowest BCUT2D eigenvalue weighted by Gasteiger charge is -2.17. The van der Waals surface area contributed by atoms with Crippen molar-refractivity contribution in [2.45, 2.75) is 37.8 Å². The average molecular weight is 307 g/mol. The quantitative estimate of drug-likeness (QED) is 0.733. The summed E-state index contributed by atoms with van der Waals surface area (Å²) in [6, 6.07) is 1.82. The number of methoxy groups -OCH3 is 1. The minimum absolute atomic E-state index is 0.0202. The molecule has 0 radical (unpaired) electrons. The lowest BCUT2D eigenvalue weighted by atomic mass is 9.93. The SMILES string of the molecule is COC(=O)c1cc(C(F)(F)F)cc(C2CCCC2)c1Cl. The van der Waals surface area contributed by atoms with E-state index in [1.807, 2.05) is 0 Å². The molecule has 0 amide bonds. The number of benzene rings is 1. The molecule has 0 atom stereocenters. The lowest BCUT2D eigenvalue weighted by Crippen LogP contribution is -2.12. The van der Waals surface area contributed by atoms with Gasteiger partial charge in [0, 0.05) is 0 Å². The first-order chi connectivity index (χ1) is 9.34. The van der Waals surface area contributed by atoms with Crippen LogP contribution in [0.1, 0.15) is 53.1 Å². The zero-order valence-electron chi connectivity index (χ0n) is 10.9. The smallest absolute Gasteiger partial charge is 0.416 e. The number of rotatable bonds is 2. The van der Waals surface area contributed by atoms with E-state index in [0.29, 0.717) is 5.56 Å². The van der Waals surface area contributed by atoms with Crippen molar-refractivity contribution in [1.82, 2.24) is 0 Å². The molecule has 1 aromatic rings. The molecule has 0 spiro atoms. The monoisotopic (exact) mass is 306 g/mol. The molecule has 2 rings (SSSR count). The number of carbonyl (C=O) groups is 1. The largest absolute Gasteiger partial charge is 0.465 e. The first-order valence-electron chi connectivity index (χ1n) is 6.33. The normalized spacial score (nSPS) is 16.4. The van der Waals surface area contributed by atoms with Crippen molar-refractivity contribution in [3.63, 3.8) is 0 Å². The first kappa shape index (κ1) is 15.2. The van der Waals surface area contributed by atoms with Gasteiger partial charge in [-0.25, -0.2) is 4.79 Å². The van der Waals surface area contributed by atoms with E-state index >= 15 is 0 Å². The van der Waals surface area contributed by atoms with Gasteiger partial charge in [0.1, 0.15) is 0 Å². The van der Waals surface area contributed by atoms with Crippen LogP contribution in [0.4, 0.5) is 13.2 Å². The topological polar surface area (TPSA) is 26.3 Å². The van der Waals surface area contributed by atoms with Crippen molar-refractivity contribution in [2.75, 3.05) is 7.11 Å². The average Bonchev–Trinajstić information content (AvgIpc) is 2.90. The second-order valence-corrected chi connectivity index (χ2v) is 5.28. The maximum Gasteiger partial charge on any atom is 0.416 e. The Kier molecular flexibility index (Phi) is 4.28. The van der Waals surface area contributed by atoms with Gasteiger partial charge in [-0.15, -0.1) is 0 Å². The van der Waals surface area contributed by atoms with E-state index in [0.717, 1.165) is 44.9 Å². The molecule has 1 aliphatic carbocycles. The third-order valence-electron chi connectivity index (χ3n) is 3.63. The van der Waals surface area contributed by atoms with E-state index in [-0.39, 0.29) is 16.5 Å². The summed E-state index contributed by atoms with van der Waals surface area (Å²) in [5.41, 5.74) is -0.672. The van der Waals surface area contributed by atoms with Crippen LogP contribution in [-0.4, -0.2) is 13.1 Å². The van der Waals surface area contributed by atoms with Crippen LogP contribution in [0, 0.1) is 0 Å². The van der Waals surface area contributed by atoms with Crippen molar-refractivity contribution < 1.29 is 22.7 Å². The Morgan fingerprint density at radius 1 is 1.30 bits per heavy atom. The molecule has 1 aromatic carbocycles. The first-order valence-corrected chi connectivity index (χ1v) is 6.71. The molecular formula is C14H14ClF3O2. The van der Waals surface area contributed by atoms with Gasteiger partial charge < -0.3 is 4.74 Å². The minimum atomic E-state index is -4.51. The van der Waals surface area contributed by atoms with Gasteiger partial charge in [0.25, 0.3) is 0 Å². The lowest BCUT2D eigenvalue weighted by molar-refractivity contribution is -0.137. The zero-order chi connectivity index (χ0) is 14.9. The van der Waals surface area contributed by atoms with Crippen LogP contribution < -0.4 is 0 Å². The standard InChI is InChI=1S/C14H14ClF3O2/c1-20-13(19)11-7-9(14(16,17)18)6-10(12(11)15)8-4-2-3-5-8/h6-8H,2-5H2,1H3. The van der Waals surface area contributed by atoms with E-state index in [4.69, 9.17) is 11.6 Å². The number of hydrogen-bond acceptors (Lipinski definition) is 2. The third-order valence-corrected chi connectivity index (χ3v) is 4.05. The van der Waals surface area contributed by atoms with Gasteiger partial charge in [0.05, 0.1) is 23.3 Å². The summed E-state index contributed by atoms with van der Waals surface area (Å²) < 4.78 is 43.3. The summed E-state index contributed by atoms with van der Waals surface area (Å²) in [6.45, 7) is 0. The van der Waals surface area contributed by atoms with Crippen LogP contribution in [0.25, 0.3) is 0 Å². The molecule has 0 bridgehead atoms. The van der Waals surface area contributed by atoms with Gasteiger partial charge in [-0.05, 0) is 36.5 Å². The number of carbonyl (C=O) groups excluding carboxylic acids is 1. The van der Waals surface area contributed by atoms with E-state index in [1.54, 1.807) is 0 Å². The Morgan fingerprint density at radius 3 is 2.40 bits per heavy atom. The fourth-order valence-corrected chi connectivity index (χ4v) is 2.94. The molecule has 0 unspecified atom stereocenters. The highest BCUT2D eigenvalue weighted by Crippen LogP contribution is 2.42. The highest BCUT2D eigenvalue weighted by atomic mass is 35.5. The maximum atomic E-state index is 12.9. The Morgan fingerprint density at radius 2 is 1.90 bits per heavy atom. The fraction of sp³-hybridized carbons (Fsp3) is 0.500. The third kappa shape index (κ3) is 2.92. The fourth-order valence-electron chi connectivity index (χ4n) is 2.60.